The Kier molecular flexibility index (Phi) is 6.27. The van der Waals surface area contributed by atoms with Crippen molar-refractivity contribution in [3.63, 3.8) is 0 Å². The minimum atomic E-state index is -1.08. The van der Waals surface area contributed by atoms with Gasteiger partial charge in [-0.2, -0.15) is 5.10 Å². The standard InChI is InChI=1S/C25H25N9O2S/c1-25(2,36)21-14-34(32-31-21)13-17-5-4-6-22(29-17)30-24-18(23(26)35)9-20(37-24)15-7-8-19(27-10-15)16-11-28-33(3)12-16/h4-12,14,36H,13H2,1-3H3,(H2,26,35)(H,29,30). The molecule has 4 N–H and O–H groups in total. The van der Waals surface area contributed by atoms with Gasteiger partial charge in [0.05, 0.1) is 35.9 Å². The number of aliphatic hydroxyl groups is 1. The molecular formula is C25H25N9O2S. The highest BCUT2D eigenvalue weighted by Crippen LogP contribution is 2.37. The van der Waals surface area contributed by atoms with Crippen LogP contribution >= 0.6 is 11.3 Å². The van der Waals surface area contributed by atoms with E-state index in [1.807, 2.05) is 43.6 Å². The summed E-state index contributed by atoms with van der Waals surface area (Å²) < 4.78 is 3.34. The second-order valence-electron chi connectivity index (χ2n) is 9.05. The molecule has 11 nitrogen and oxygen atoms in total. The van der Waals surface area contributed by atoms with Crippen LogP contribution in [0.1, 0.15) is 35.6 Å². The smallest absolute Gasteiger partial charge is 0.251 e. The number of hydrogen-bond acceptors (Lipinski definition) is 9. The van der Waals surface area contributed by atoms with Crippen LogP contribution in [0.5, 0.6) is 0 Å². The van der Waals surface area contributed by atoms with E-state index >= 15 is 0 Å². The van der Waals surface area contributed by atoms with Gasteiger partial charge in [-0.1, -0.05) is 11.3 Å². The third-order valence-electron chi connectivity index (χ3n) is 5.58. The number of carbonyl (C=O) groups is 1. The lowest BCUT2D eigenvalue weighted by Gasteiger charge is -2.11. The summed E-state index contributed by atoms with van der Waals surface area (Å²) in [5.41, 5.74) is 8.77. The first-order chi connectivity index (χ1) is 17.7. The minimum absolute atomic E-state index is 0.367. The lowest BCUT2D eigenvalue weighted by atomic mass is 10.1. The number of hydrogen-bond donors (Lipinski definition) is 3. The number of nitrogens with one attached hydrogen (secondary N) is 1. The molecule has 0 bridgehead atoms. The molecule has 0 aliphatic heterocycles. The lowest BCUT2D eigenvalue weighted by molar-refractivity contribution is 0.0737. The molecular weight excluding hydrogens is 490 g/mol. The summed E-state index contributed by atoms with van der Waals surface area (Å²) in [6.45, 7) is 3.67. The maximum atomic E-state index is 12.2. The topological polar surface area (TPSA) is 150 Å². The molecule has 5 aromatic rings. The molecule has 37 heavy (non-hydrogen) atoms. The quantitative estimate of drug-likeness (QED) is 0.285. The van der Waals surface area contributed by atoms with Crippen LogP contribution in [0.25, 0.3) is 21.7 Å². The molecule has 0 aliphatic rings. The average molecular weight is 516 g/mol. The molecule has 0 radical (unpaired) electrons. The van der Waals surface area contributed by atoms with Gasteiger partial charge in [0.2, 0.25) is 0 Å². The maximum absolute atomic E-state index is 12.2. The summed E-state index contributed by atoms with van der Waals surface area (Å²) in [5, 5.41) is 26.2. The van der Waals surface area contributed by atoms with Crippen LogP contribution < -0.4 is 11.1 Å². The van der Waals surface area contributed by atoms with E-state index in [9.17, 15) is 9.90 Å². The van der Waals surface area contributed by atoms with Gasteiger partial charge in [-0.15, -0.1) is 16.4 Å². The van der Waals surface area contributed by atoms with Crippen LogP contribution in [-0.2, 0) is 19.2 Å². The number of primary amides is 1. The first-order valence-electron chi connectivity index (χ1n) is 11.4. The van der Waals surface area contributed by atoms with Crippen molar-refractivity contribution >= 4 is 28.1 Å². The number of aryl methyl sites for hydroxylation is 1. The Labute approximate surface area is 216 Å². The van der Waals surface area contributed by atoms with Gasteiger partial charge in [-0.05, 0) is 44.2 Å². The lowest BCUT2D eigenvalue weighted by Crippen LogP contribution is -2.15. The third-order valence-corrected chi connectivity index (χ3v) is 6.68. The summed E-state index contributed by atoms with van der Waals surface area (Å²) >= 11 is 1.39. The zero-order valence-electron chi connectivity index (χ0n) is 20.5. The average Bonchev–Trinajstić information content (AvgIpc) is 3.59. The Bertz CT molecular complexity index is 1560. The van der Waals surface area contributed by atoms with E-state index in [0.29, 0.717) is 28.6 Å². The van der Waals surface area contributed by atoms with Crippen molar-refractivity contribution in [3.8, 4) is 21.7 Å². The molecule has 0 unspecified atom stereocenters. The van der Waals surface area contributed by atoms with Crippen molar-refractivity contribution < 1.29 is 9.90 Å². The van der Waals surface area contributed by atoms with Crippen molar-refractivity contribution in [2.24, 2.45) is 12.8 Å². The molecule has 0 fully saturated rings. The van der Waals surface area contributed by atoms with E-state index in [2.05, 4.69) is 30.7 Å². The highest BCUT2D eigenvalue weighted by molar-refractivity contribution is 7.19. The predicted octanol–water partition coefficient (Wildman–Crippen LogP) is 3.32. The molecule has 188 valence electrons. The number of aromatic nitrogens is 7. The number of anilines is 2. The molecule has 5 aromatic heterocycles. The van der Waals surface area contributed by atoms with Crippen LogP contribution in [0.2, 0.25) is 0 Å². The summed E-state index contributed by atoms with van der Waals surface area (Å²) in [4.78, 5) is 22.2. The van der Waals surface area contributed by atoms with Crippen molar-refractivity contribution in [3.05, 3.63) is 78.1 Å². The van der Waals surface area contributed by atoms with E-state index < -0.39 is 11.5 Å². The van der Waals surface area contributed by atoms with Crippen LogP contribution in [-0.4, -0.2) is 45.8 Å². The van der Waals surface area contributed by atoms with Gasteiger partial charge in [-0.3, -0.25) is 14.5 Å². The fraction of sp³-hybridized carbons (Fsp3) is 0.200. The normalized spacial score (nSPS) is 11.6. The van der Waals surface area contributed by atoms with Gasteiger partial charge in [0, 0.05) is 35.4 Å². The van der Waals surface area contributed by atoms with Crippen LogP contribution in [0.15, 0.2) is 61.2 Å². The maximum Gasteiger partial charge on any atom is 0.251 e. The van der Waals surface area contributed by atoms with Gasteiger partial charge < -0.3 is 16.2 Å². The molecule has 0 saturated carbocycles. The highest BCUT2D eigenvalue weighted by Gasteiger charge is 2.20. The summed E-state index contributed by atoms with van der Waals surface area (Å²) in [5.74, 6) is 0.0177. The number of nitrogens with zero attached hydrogens (tertiary/aromatic N) is 7. The van der Waals surface area contributed by atoms with Crippen molar-refractivity contribution in [1.82, 2.24) is 34.7 Å². The predicted molar refractivity (Wildman–Crippen MR) is 140 cm³/mol. The highest BCUT2D eigenvalue weighted by atomic mass is 32.1. The van der Waals surface area contributed by atoms with Gasteiger partial charge in [-0.25, -0.2) is 9.67 Å². The largest absolute Gasteiger partial charge is 0.384 e. The summed E-state index contributed by atoms with van der Waals surface area (Å²) in [7, 11) is 1.86. The Morgan fingerprint density at radius 2 is 2.00 bits per heavy atom. The van der Waals surface area contributed by atoms with Crippen LogP contribution in [0.3, 0.4) is 0 Å². The van der Waals surface area contributed by atoms with E-state index in [1.165, 1.54) is 11.3 Å². The van der Waals surface area contributed by atoms with Gasteiger partial charge in [0.15, 0.2) is 0 Å². The Morgan fingerprint density at radius 1 is 1.16 bits per heavy atom. The summed E-state index contributed by atoms with van der Waals surface area (Å²) in [6.07, 6.45) is 7.11. The van der Waals surface area contributed by atoms with Gasteiger partial charge >= 0.3 is 0 Å². The monoisotopic (exact) mass is 515 g/mol. The number of nitrogens with two attached hydrogens (primary N) is 1. The van der Waals surface area contributed by atoms with Crippen LogP contribution in [0.4, 0.5) is 10.8 Å². The molecule has 5 rings (SSSR count). The van der Waals surface area contributed by atoms with Gasteiger partial charge in [0.25, 0.3) is 5.91 Å². The Morgan fingerprint density at radius 3 is 2.65 bits per heavy atom. The SMILES string of the molecule is Cn1cc(-c2ccc(-c3cc(C(N)=O)c(Nc4cccc(Cn5cc(C(C)(C)O)nn5)n4)s3)cn2)cn1. The number of thiophene rings is 1. The Balaban J connectivity index is 1.36. The fourth-order valence-corrected chi connectivity index (χ4v) is 4.71. The Hall–Kier alpha value is -4.42. The van der Waals surface area contributed by atoms with E-state index in [1.54, 1.807) is 47.9 Å². The molecule has 1 amide bonds. The van der Waals surface area contributed by atoms with Crippen molar-refractivity contribution in [2.45, 2.75) is 26.0 Å². The molecule has 0 saturated heterocycles. The summed E-state index contributed by atoms with van der Waals surface area (Å²) in [6, 6.07) is 11.2. The second kappa shape index (κ2) is 9.56. The van der Waals surface area contributed by atoms with Gasteiger partial charge in [0.1, 0.15) is 22.1 Å². The molecule has 12 heteroatoms. The first-order valence-corrected chi connectivity index (χ1v) is 12.2. The fourth-order valence-electron chi connectivity index (χ4n) is 3.65. The number of pyridine rings is 2. The zero-order chi connectivity index (χ0) is 26.2. The number of carbonyl (C=O) groups excluding carboxylic acids is 1. The van der Waals surface area contributed by atoms with E-state index in [4.69, 9.17) is 5.73 Å². The van der Waals surface area contributed by atoms with Crippen molar-refractivity contribution in [2.75, 3.05) is 5.32 Å². The molecule has 0 spiro atoms. The first kappa shape index (κ1) is 24.3. The third kappa shape index (κ3) is 5.39. The number of amides is 1. The van der Waals surface area contributed by atoms with Crippen LogP contribution in [0, 0.1) is 0 Å². The molecule has 5 heterocycles. The molecule has 0 aromatic carbocycles. The minimum Gasteiger partial charge on any atom is -0.384 e. The number of rotatable bonds is 8. The van der Waals surface area contributed by atoms with E-state index in [-0.39, 0.29) is 0 Å². The van der Waals surface area contributed by atoms with E-state index in [0.717, 1.165) is 27.4 Å². The van der Waals surface area contributed by atoms with Crippen molar-refractivity contribution in [1.29, 1.82) is 0 Å². The molecule has 0 atom stereocenters. The zero-order valence-corrected chi connectivity index (χ0v) is 21.3. The second-order valence-corrected chi connectivity index (χ2v) is 10.1. The molecule has 0 aliphatic carbocycles.